The van der Waals surface area contributed by atoms with Gasteiger partial charge in [-0.15, -0.1) is 0 Å². The van der Waals surface area contributed by atoms with Gasteiger partial charge >= 0.3 is 0 Å². The number of aromatic nitrogens is 1. The van der Waals surface area contributed by atoms with Gasteiger partial charge in [-0.3, -0.25) is 24.0 Å². The van der Waals surface area contributed by atoms with Gasteiger partial charge < -0.3 is 30.6 Å². The third-order valence-corrected chi connectivity index (χ3v) is 9.50. The molecule has 11 nitrogen and oxygen atoms in total. The van der Waals surface area contributed by atoms with E-state index >= 15 is 0 Å². The molecule has 0 spiro atoms. The molecular weight excluding hydrogens is 526 g/mol. The number of benzene rings is 1. The van der Waals surface area contributed by atoms with Gasteiger partial charge in [0.15, 0.2) is 0 Å². The van der Waals surface area contributed by atoms with Crippen LogP contribution in [0.4, 0.5) is 0 Å². The van der Waals surface area contributed by atoms with Gasteiger partial charge in [0.05, 0.1) is 13.2 Å². The van der Waals surface area contributed by atoms with Crippen LogP contribution >= 0.6 is 0 Å². The van der Waals surface area contributed by atoms with E-state index in [0.29, 0.717) is 31.0 Å². The minimum atomic E-state index is -1.16. The number of carbonyl (C=O) groups is 5. The highest BCUT2D eigenvalue weighted by Gasteiger charge is 2.69. The van der Waals surface area contributed by atoms with Crippen LogP contribution in [0.25, 0.3) is 10.9 Å². The summed E-state index contributed by atoms with van der Waals surface area (Å²) in [7, 11) is 1.57. The third kappa shape index (κ3) is 4.95. The van der Waals surface area contributed by atoms with E-state index in [1.165, 1.54) is 0 Å². The second kappa shape index (κ2) is 10.2. The molecule has 5 atom stereocenters. The van der Waals surface area contributed by atoms with Gasteiger partial charge in [-0.1, -0.05) is 19.9 Å². The van der Waals surface area contributed by atoms with Crippen molar-refractivity contribution in [1.82, 2.24) is 25.8 Å². The van der Waals surface area contributed by atoms with E-state index in [-0.39, 0.29) is 41.5 Å². The van der Waals surface area contributed by atoms with Crippen LogP contribution in [0.3, 0.4) is 0 Å². The van der Waals surface area contributed by atoms with Crippen LogP contribution in [-0.4, -0.2) is 77.6 Å². The molecule has 1 aromatic carbocycles. The monoisotopic (exact) mass is 563 g/mol. The summed E-state index contributed by atoms with van der Waals surface area (Å²) in [6.07, 6.45) is 3.01. The van der Waals surface area contributed by atoms with Crippen molar-refractivity contribution in [3.05, 3.63) is 30.0 Å². The molecule has 6 rings (SSSR count). The topological polar surface area (TPSA) is 150 Å². The number of aromatic amines is 1. The Bertz CT molecular complexity index is 1430. The summed E-state index contributed by atoms with van der Waals surface area (Å²) in [5.74, 6) is -2.27. The molecule has 2 aliphatic carbocycles. The molecule has 2 saturated heterocycles. The van der Waals surface area contributed by atoms with Crippen LogP contribution in [0.2, 0.25) is 0 Å². The number of hydrogen-bond acceptors (Lipinski definition) is 6. The van der Waals surface area contributed by atoms with Crippen LogP contribution in [-0.2, 0) is 19.2 Å². The van der Waals surface area contributed by atoms with E-state index in [9.17, 15) is 24.0 Å². The molecule has 2 aliphatic heterocycles. The lowest BCUT2D eigenvalue weighted by molar-refractivity contribution is -0.141. The number of ether oxygens (including phenoxy) is 1. The standard InChI is InChI=1S/C30H37N5O6/c1-30(2)18-14-35(29(40)21-13-17-19(33-21)7-4-8-22(17)41-3)24(23(18)30)27(38)34-20(12-15-6-5-11-31-26(15)37)25(36)28(39)32-16-9-10-16/h4,7-8,13,15-16,18,20,23-24,33H,5-6,9-12,14H2,1-3H3,(H,31,37)(H,32,39)(H,34,38)/t15-,18-,20?,23-,24-/m0/s1. The molecule has 4 fully saturated rings. The Balaban J connectivity index is 1.25. The van der Waals surface area contributed by atoms with Crippen LogP contribution in [0.1, 0.15) is 56.4 Å². The zero-order valence-corrected chi connectivity index (χ0v) is 23.6. The number of nitrogens with one attached hydrogen (secondary N) is 4. The van der Waals surface area contributed by atoms with E-state index in [4.69, 9.17) is 4.74 Å². The minimum Gasteiger partial charge on any atom is -0.496 e. The summed E-state index contributed by atoms with van der Waals surface area (Å²) in [5, 5.41) is 9.11. The number of Topliss-reactive ketones (excluding diaryl/α,β-unsaturated/α-hetero) is 1. The first-order valence-corrected chi connectivity index (χ1v) is 14.5. The molecule has 1 unspecified atom stereocenters. The summed E-state index contributed by atoms with van der Waals surface area (Å²) in [6.45, 7) is 5.14. The van der Waals surface area contributed by atoms with E-state index < -0.39 is 35.6 Å². The van der Waals surface area contributed by atoms with Crippen LogP contribution in [0, 0.1) is 23.2 Å². The number of methoxy groups -OCH3 is 1. The van der Waals surface area contributed by atoms with Crippen molar-refractivity contribution in [3.63, 3.8) is 0 Å². The lowest BCUT2D eigenvalue weighted by Crippen LogP contribution is -2.56. The fourth-order valence-corrected chi connectivity index (χ4v) is 6.85. The Hall–Kier alpha value is -3.89. The van der Waals surface area contributed by atoms with Gasteiger partial charge in [-0.2, -0.15) is 0 Å². The summed E-state index contributed by atoms with van der Waals surface area (Å²) >= 11 is 0. The van der Waals surface area contributed by atoms with Gasteiger partial charge in [0, 0.05) is 36.0 Å². The molecule has 11 heteroatoms. The molecule has 218 valence electrons. The Morgan fingerprint density at radius 2 is 1.95 bits per heavy atom. The number of ketones is 1. The minimum absolute atomic E-state index is 0.0216. The fraction of sp³-hybridized carbons (Fsp3) is 0.567. The van der Waals surface area contributed by atoms with Gasteiger partial charge in [0.1, 0.15) is 17.5 Å². The molecule has 4 N–H and O–H groups in total. The molecule has 4 amide bonds. The Kier molecular flexibility index (Phi) is 6.78. The van der Waals surface area contributed by atoms with Crippen molar-refractivity contribution in [1.29, 1.82) is 0 Å². The lowest BCUT2D eigenvalue weighted by Gasteiger charge is -2.32. The maximum absolute atomic E-state index is 14.0. The number of amides is 4. The number of rotatable bonds is 9. The smallest absolute Gasteiger partial charge is 0.289 e. The average molecular weight is 564 g/mol. The number of nitrogens with zero attached hydrogens (tertiary/aromatic N) is 1. The van der Waals surface area contributed by atoms with Gasteiger partial charge in [-0.05, 0) is 67.6 Å². The maximum Gasteiger partial charge on any atom is 0.289 e. The zero-order chi connectivity index (χ0) is 29.1. The summed E-state index contributed by atoms with van der Waals surface area (Å²) in [6, 6.07) is 5.25. The maximum atomic E-state index is 14.0. The van der Waals surface area contributed by atoms with Crippen LogP contribution < -0.4 is 20.7 Å². The quantitative estimate of drug-likeness (QED) is 0.340. The predicted molar refractivity (Wildman–Crippen MR) is 149 cm³/mol. The predicted octanol–water partition coefficient (Wildman–Crippen LogP) is 1.52. The molecule has 2 aromatic rings. The van der Waals surface area contributed by atoms with Crippen molar-refractivity contribution < 1.29 is 28.7 Å². The first-order chi connectivity index (χ1) is 19.6. The number of likely N-dealkylation sites (tertiary alicyclic amines) is 1. The van der Waals surface area contributed by atoms with Gasteiger partial charge in [-0.25, -0.2) is 0 Å². The summed E-state index contributed by atoms with van der Waals surface area (Å²) in [5.41, 5.74) is 0.947. The molecule has 1 aromatic heterocycles. The fourth-order valence-electron chi connectivity index (χ4n) is 6.85. The number of hydrogen-bond donors (Lipinski definition) is 4. The molecule has 0 radical (unpaired) electrons. The van der Waals surface area contributed by atoms with E-state index in [1.54, 1.807) is 18.1 Å². The number of piperidine rings is 2. The summed E-state index contributed by atoms with van der Waals surface area (Å²) < 4.78 is 5.44. The van der Waals surface area contributed by atoms with Crippen LogP contribution in [0.5, 0.6) is 5.75 Å². The SMILES string of the molecule is COc1cccc2[nH]c(C(=O)N3C[C@H]4[C@@H]([C@H]3C(=O)NC(C[C@@H]3CCCNC3=O)C(=O)C(=O)NC3CC3)C4(C)C)cc12. The lowest BCUT2D eigenvalue weighted by atomic mass is 9.89. The van der Waals surface area contributed by atoms with Gasteiger partial charge in [0.2, 0.25) is 17.6 Å². The Morgan fingerprint density at radius 1 is 1.17 bits per heavy atom. The van der Waals surface area contributed by atoms with Crippen molar-refractivity contribution in [2.75, 3.05) is 20.2 Å². The van der Waals surface area contributed by atoms with Crippen molar-refractivity contribution in [3.8, 4) is 5.75 Å². The van der Waals surface area contributed by atoms with Crippen molar-refractivity contribution >= 4 is 40.3 Å². The first-order valence-electron chi connectivity index (χ1n) is 14.5. The van der Waals surface area contributed by atoms with Crippen molar-refractivity contribution in [2.24, 2.45) is 23.2 Å². The Labute approximate surface area is 238 Å². The molecule has 3 heterocycles. The second-order valence-electron chi connectivity index (χ2n) is 12.5. The molecule has 0 bridgehead atoms. The van der Waals surface area contributed by atoms with E-state index in [1.807, 2.05) is 18.2 Å². The molecular formula is C30H37N5O6. The van der Waals surface area contributed by atoms with E-state index in [0.717, 1.165) is 30.2 Å². The highest BCUT2D eigenvalue weighted by molar-refractivity contribution is 6.38. The molecule has 2 saturated carbocycles. The van der Waals surface area contributed by atoms with Crippen LogP contribution in [0.15, 0.2) is 24.3 Å². The molecule has 41 heavy (non-hydrogen) atoms. The normalized spacial score (nSPS) is 27.0. The third-order valence-electron chi connectivity index (χ3n) is 9.50. The largest absolute Gasteiger partial charge is 0.496 e. The summed E-state index contributed by atoms with van der Waals surface area (Å²) in [4.78, 5) is 71.1. The number of fused-ring (bicyclic) bond motifs is 2. The van der Waals surface area contributed by atoms with Gasteiger partial charge in [0.25, 0.3) is 11.8 Å². The highest BCUT2D eigenvalue weighted by atomic mass is 16.5. The second-order valence-corrected chi connectivity index (χ2v) is 12.5. The average Bonchev–Trinajstić information content (AvgIpc) is 3.70. The zero-order valence-electron chi connectivity index (χ0n) is 23.6. The Morgan fingerprint density at radius 3 is 2.66 bits per heavy atom. The van der Waals surface area contributed by atoms with E-state index in [2.05, 4.69) is 34.8 Å². The highest BCUT2D eigenvalue weighted by Crippen LogP contribution is 2.65. The number of H-pyrrole nitrogens is 1. The van der Waals surface area contributed by atoms with Crippen molar-refractivity contribution in [2.45, 2.75) is 64.1 Å². The first kappa shape index (κ1) is 27.3. The number of carbonyl (C=O) groups excluding carboxylic acids is 5. The molecule has 4 aliphatic rings.